The van der Waals surface area contributed by atoms with Gasteiger partial charge in [0.25, 0.3) is 11.8 Å². The molecule has 0 aromatic carbocycles. The molecule has 5 rings (SSSR count). The molecule has 31 heavy (non-hydrogen) atoms. The molecule has 5 heterocycles. The van der Waals surface area contributed by atoms with Crippen LogP contribution in [0.25, 0.3) is 22.2 Å². The SMILES string of the molecule is Cn1cncc1-c1cc2cc(NC(=O)c3ccncc3)nc(N3CC(F)(F)C3)c2cn1. The molecule has 0 unspecified atom stereocenters. The highest BCUT2D eigenvalue weighted by Gasteiger charge is 2.45. The maximum atomic E-state index is 13.5. The zero-order valence-electron chi connectivity index (χ0n) is 16.5. The molecule has 10 heteroatoms. The number of nitrogens with one attached hydrogen (secondary N) is 1. The van der Waals surface area contributed by atoms with Crippen LogP contribution in [-0.2, 0) is 7.05 Å². The van der Waals surface area contributed by atoms with Crippen molar-refractivity contribution in [3.05, 3.63) is 60.9 Å². The van der Waals surface area contributed by atoms with Crippen LogP contribution in [0.3, 0.4) is 0 Å². The zero-order valence-corrected chi connectivity index (χ0v) is 16.5. The number of anilines is 2. The number of pyridine rings is 3. The summed E-state index contributed by atoms with van der Waals surface area (Å²) in [6.07, 6.45) is 8.01. The van der Waals surface area contributed by atoms with E-state index in [0.29, 0.717) is 22.5 Å². The highest BCUT2D eigenvalue weighted by molar-refractivity contribution is 6.05. The summed E-state index contributed by atoms with van der Waals surface area (Å²) >= 11 is 0. The Hall–Kier alpha value is -3.95. The first-order valence-electron chi connectivity index (χ1n) is 9.51. The van der Waals surface area contributed by atoms with Crippen LogP contribution in [0, 0.1) is 0 Å². The molecular weight excluding hydrogens is 404 g/mol. The number of rotatable bonds is 4. The minimum absolute atomic E-state index is 0.265. The van der Waals surface area contributed by atoms with E-state index in [0.717, 1.165) is 11.1 Å². The Morgan fingerprint density at radius 1 is 1.13 bits per heavy atom. The van der Waals surface area contributed by atoms with Crippen molar-refractivity contribution in [2.24, 2.45) is 7.05 Å². The molecule has 0 spiro atoms. The Morgan fingerprint density at radius 3 is 2.58 bits per heavy atom. The Bertz CT molecular complexity index is 1280. The van der Waals surface area contributed by atoms with Gasteiger partial charge in [-0.3, -0.25) is 14.8 Å². The minimum atomic E-state index is -2.76. The molecule has 1 aliphatic rings. The number of aromatic nitrogens is 5. The highest BCUT2D eigenvalue weighted by atomic mass is 19.3. The molecule has 0 bridgehead atoms. The first kappa shape index (κ1) is 19.0. The number of carbonyl (C=O) groups excluding carboxylic acids is 1. The average Bonchev–Trinajstić information content (AvgIpc) is 3.17. The second-order valence-corrected chi connectivity index (χ2v) is 7.41. The summed E-state index contributed by atoms with van der Waals surface area (Å²) in [7, 11) is 1.86. The summed E-state index contributed by atoms with van der Waals surface area (Å²) in [5.41, 5.74) is 1.89. The smallest absolute Gasteiger partial charge is 0.282 e. The van der Waals surface area contributed by atoms with Crippen molar-refractivity contribution in [3.63, 3.8) is 0 Å². The number of carbonyl (C=O) groups is 1. The molecule has 0 atom stereocenters. The van der Waals surface area contributed by atoms with Crippen LogP contribution >= 0.6 is 0 Å². The normalized spacial score (nSPS) is 15.0. The number of aryl methyl sites for hydroxylation is 1. The van der Waals surface area contributed by atoms with Crippen LogP contribution in [0.1, 0.15) is 10.4 Å². The minimum Gasteiger partial charge on any atom is -0.344 e. The maximum Gasteiger partial charge on any atom is 0.282 e. The van der Waals surface area contributed by atoms with E-state index >= 15 is 0 Å². The summed E-state index contributed by atoms with van der Waals surface area (Å²) < 4.78 is 28.9. The van der Waals surface area contributed by atoms with E-state index in [1.54, 1.807) is 36.9 Å². The van der Waals surface area contributed by atoms with Crippen molar-refractivity contribution in [3.8, 4) is 11.4 Å². The number of alkyl halides is 2. The largest absolute Gasteiger partial charge is 0.344 e. The van der Waals surface area contributed by atoms with E-state index in [1.165, 1.54) is 17.3 Å². The zero-order chi connectivity index (χ0) is 21.6. The Balaban J connectivity index is 1.58. The summed E-state index contributed by atoms with van der Waals surface area (Å²) in [6, 6.07) is 6.70. The topological polar surface area (TPSA) is 88.8 Å². The Morgan fingerprint density at radius 2 is 1.90 bits per heavy atom. The van der Waals surface area contributed by atoms with E-state index in [4.69, 9.17) is 0 Å². The molecule has 1 N–H and O–H groups in total. The predicted molar refractivity (Wildman–Crippen MR) is 111 cm³/mol. The first-order chi connectivity index (χ1) is 14.9. The van der Waals surface area contributed by atoms with Crippen molar-refractivity contribution < 1.29 is 13.6 Å². The van der Waals surface area contributed by atoms with Gasteiger partial charge in [-0.15, -0.1) is 0 Å². The van der Waals surface area contributed by atoms with Crippen LogP contribution in [0.15, 0.2) is 55.4 Å². The third-order valence-electron chi connectivity index (χ3n) is 5.10. The van der Waals surface area contributed by atoms with Crippen LogP contribution in [-0.4, -0.2) is 49.4 Å². The number of nitrogens with zero attached hydrogens (tertiary/aromatic N) is 6. The molecule has 4 aromatic heterocycles. The highest BCUT2D eigenvalue weighted by Crippen LogP contribution is 2.36. The molecule has 0 saturated carbocycles. The lowest BCUT2D eigenvalue weighted by Crippen LogP contribution is -2.56. The van der Waals surface area contributed by atoms with E-state index < -0.39 is 19.0 Å². The summed E-state index contributed by atoms with van der Waals surface area (Å²) in [5, 5.41) is 4.10. The van der Waals surface area contributed by atoms with Gasteiger partial charge in [-0.2, -0.15) is 0 Å². The maximum absolute atomic E-state index is 13.5. The Kier molecular flexibility index (Phi) is 4.35. The fourth-order valence-electron chi connectivity index (χ4n) is 3.53. The fraction of sp³-hybridized carbons (Fsp3) is 0.190. The summed E-state index contributed by atoms with van der Waals surface area (Å²) in [4.78, 5) is 31.0. The van der Waals surface area contributed by atoms with Crippen LogP contribution in [0.5, 0.6) is 0 Å². The van der Waals surface area contributed by atoms with Gasteiger partial charge in [-0.05, 0) is 29.7 Å². The molecule has 156 valence electrons. The van der Waals surface area contributed by atoms with Crippen LogP contribution < -0.4 is 10.2 Å². The number of hydrogen-bond acceptors (Lipinski definition) is 6. The molecule has 0 aliphatic carbocycles. The molecule has 0 radical (unpaired) electrons. The van der Waals surface area contributed by atoms with Crippen molar-refractivity contribution in [2.75, 3.05) is 23.3 Å². The molecular formula is C21H17F2N7O. The van der Waals surface area contributed by atoms with Gasteiger partial charge in [-0.1, -0.05) is 0 Å². The van der Waals surface area contributed by atoms with Crippen molar-refractivity contribution in [1.82, 2.24) is 24.5 Å². The van der Waals surface area contributed by atoms with Crippen molar-refractivity contribution >= 4 is 28.3 Å². The number of hydrogen-bond donors (Lipinski definition) is 1. The third kappa shape index (κ3) is 3.56. The van der Waals surface area contributed by atoms with Gasteiger partial charge in [-0.25, -0.2) is 18.7 Å². The van der Waals surface area contributed by atoms with Gasteiger partial charge in [0.1, 0.15) is 11.6 Å². The lowest BCUT2D eigenvalue weighted by atomic mass is 10.1. The van der Waals surface area contributed by atoms with Crippen molar-refractivity contribution in [2.45, 2.75) is 5.92 Å². The van der Waals surface area contributed by atoms with E-state index in [-0.39, 0.29) is 11.7 Å². The summed E-state index contributed by atoms with van der Waals surface area (Å²) in [5.74, 6) is -2.50. The van der Waals surface area contributed by atoms with Crippen LogP contribution in [0.4, 0.5) is 20.4 Å². The van der Waals surface area contributed by atoms with E-state index in [1.807, 2.05) is 17.7 Å². The first-order valence-corrected chi connectivity index (χ1v) is 9.51. The second kappa shape index (κ2) is 7.08. The number of fused-ring (bicyclic) bond motifs is 1. The Labute approximate surface area is 175 Å². The third-order valence-corrected chi connectivity index (χ3v) is 5.10. The fourth-order valence-corrected chi connectivity index (χ4v) is 3.53. The number of imidazole rings is 1. The van der Waals surface area contributed by atoms with Crippen molar-refractivity contribution in [1.29, 1.82) is 0 Å². The standard InChI is InChI=1S/C21H17F2N7O/c1-29-12-25-9-17(29)16-6-14-7-18(28-20(31)13-2-4-24-5-3-13)27-19(15(14)8-26-16)30-10-21(22,23)11-30/h2-9,12H,10-11H2,1H3,(H,27,28,31). The lowest BCUT2D eigenvalue weighted by molar-refractivity contribution is -0.0265. The summed E-state index contributed by atoms with van der Waals surface area (Å²) in [6.45, 7) is -0.860. The number of halogens is 2. The molecule has 1 fully saturated rings. The van der Waals surface area contributed by atoms with Gasteiger partial charge >= 0.3 is 0 Å². The van der Waals surface area contributed by atoms with Gasteiger partial charge in [0.05, 0.1) is 37.0 Å². The molecule has 1 amide bonds. The second-order valence-electron chi connectivity index (χ2n) is 7.41. The van der Waals surface area contributed by atoms with Gasteiger partial charge in [0.2, 0.25) is 0 Å². The van der Waals surface area contributed by atoms with E-state index in [9.17, 15) is 13.6 Å². The van der Waals surface area contributed by atoms with Crippen LogP contribution in [0.2, 0.25) is 0 Å². The molecule has 4 aromatic rings. The van der Waals surface area contributed by atoms with E-state index in [2.05, 4.69) is 25.3 Å². The monoisotopic (exact) mass is 421 g/mol. The predicted octanol–water partition coefficient (Wildman–Crippen LogP) is 3.13. The molecule has 8 nitrogen and oxygen atoms in total. The quantitative estimate of drug-likeness (QED) is 0.545. The molecule has 1 saturated heterocycles. The average molecular weight is 421 g/mol. The van der Waals surface area contributed by atoms with Gasteiger partial charge in [0, 0.05) is 36.6 Å². The lowest BCUT2D eigenvalue weighted by Gasteiger charge is -2.40. The number of amides is 1. The van der Waals surface area contributed by atoms with Gasteiger partial charge in [0.15, 0.2) is 0 Å². The van der Waals surface area contributed by atoms with Gasteiger partial charge < -0.3 is 14.8 Å². The molecule has 1 aliphatic heterocycles.